The standard InChI is InChI=1S/C18H22FN5O3.ClH/c1-27-15-13-10(16(25)24(21)17(26)23(13)9-2-3-9)6-11(19)14(15)22-5-4-18(8-22)7-12(18)20;/h6,9,12H,2-5,7-8,20-21H2,1H3;1H. The molecule has 2 saturated carbocycles. The van der Waals surface area contributed by atoms with Crippen LogP contribution in [0.1, 0.15) is 31.7 Å². The van der Waals surface area contributed by atoms with E-state index in [-0.39, 0.29) is 41.0 Å². The van der Waals surface area contributed by atoms with Gasteiger partial charge in [-0.2, -0.15) is 4.68 Å². The molecule has 1 aromatic heterocycles. The highest BCUT2D eigenvalue weighted by Crippen LogP contribution is 2.54. The molecule has 1 saturated heterocycles. The zero-order chi connectivity index (χ0) is 19.1. The van der Waals surface area contributed by atoms with Crippen LogP contribution in [0.2, 0.25) is 0 Å². The summed E-state index contributed by atoms with van der Waals surface area (Å²) >= 11 is 0. The van der Waals surface area contributed by atoms with Gasteiger partial charge < -0.3 is 21.2 Å². The average Bonchev–Trinajstić information content (AvgIpc) is 3.53. The number of hydrogen-bond donors (Lipinski definition) is 2. The van der Waals surface area contributed by atoms with Crippen LogP contribution in [0.3, 0.4) is 0 Å². The molecule has 152 valence electrons. The Hall–Kier alpha value is -2.26. The van der Waals surface area contributed by atoms with Crippen molar-refractivity contribution in [2.45, 2.75) is 37.8 Å². The molecule has 0 radical (unpaired) electrons. The molecule has 2 atom stereocenters. The van der Waals surface area contributed by atoms with Gasteiger partial charge in [0.1, 0.15) is 11.2 Å². The first-order chi connectivity index (χ1) is 12.9. The summed E-state index contributed by atoms with van der Waals surface area (Å²) in [6.07, 6.45) is 3.45. The van der Waals surface area contributed by atoms with Crippen molar-refractivity contribution in [3.8, 4) is 5.75 Å². The van der Waals surface area contributed by atoms with Crippen LogP contribution in [-0.4, -0.2) is 35.5 Å². The number of nitrogens with two attached hydrogens (primary N) is 2. The fourth-order valence-electron chi connectivity index (χ4n) is 4.53. The van der Waals surface area contributed by atoms with Crippen LogP contribution in [0, 0.1) is 11.2 Å². The highest BCUT2D eigenvalue weighted by atomic mass is 35.5. The van der Waals surface area contributed by atoms with E-state index in [1.54, 1.807) is 0 Å². The van der Waals surface area contributed by atoms with Gasteiger partial charge in [0.2, 0.25) is 0 Å². The van der Waals surface area contributed by atoms with Crippen molar-refractivity contribution in [1.82, 2.24) is 9.24 Å². The molecule has 5 rings (SSSR count). The lowest BCUT2D eigenvalue weighted by molar-refractivity contribution is 0.412. The van der Waals surface area contributed by atoms with Crippen molar-refractivity contribution >= 4 is 29.0 Å². The maximum atomic E-state index is 15.1. The summed E-state index contributed by atoms with van der Waals surface area (Å²) in [5.41, 5.74) is 5.42. The monoisotopic (exact) mass is 411 g/mol. The Morgan fingerprint density at radius 2 is 2.00 bits per heavy atom. The third kappa shape index (κ3) is 2.45. The first kappa shape index (κ1) is 19.1. The van der Waals surface area contributed by atoms with E-state index in [0.29, 0.717) is 29.0 Å². The molecule has 10 heteroatoms. The van der Waals surface area contributed by atoms with E-state index in [4.69, 9.17) is 16.3 Å². The van der Waals surface area contributed by atoms with E-state index < -0.39 is 17.1 Å². The van der Waals surface area contributed by atoms with Gasteiger partial charge in [-0.3, -0.25) is 9.36 Å². The van der Waals surface area contributed by atoms with Gasteiger partial charge in [-0.05, 0) is 31.7 Å². The molecule has 1 aromatic carbocycles. The number of rotatable bonds is 3. The minimum Gasteiger partial charge on any atom is -0.492 e. The van der Waals surface area contributed by atoms with Crippen molar-refractivity contribution in [3.05, 3.63) is 32.7 Å². The first-order valence-corrected chi connectivity index (χ1v) is 9.21. The van der Waals surface area contributed by atoms with E-state index in [0.717, 1.165) is 25.7 Å². The quantitative estimate of drug-likeness (QED) is 0.720. The first-order valence-electron chi connectivity index (χ1n) is 9.21. The summed E-state index contributed by atoms with van der Waals surface area (Å²) in [4.78, 5) is 27.1. The molecule has 2 aliphatic carbocycles. The van der Waals surface area contributed by atoms with Gasteiger partial charge in [0.15, 0.2) is 11.6 Å². The van der Waals surface area contributed by atoms with E-state index in [1.807, 2.05) is 4.90 Å². The second-order valence-corrected chi connectivity index (χ2v) is 8.04. The second kappa shape index (κ2) is 6.12. The molecule has 3 fully saturated rings. The van der Waals surface area contributed by atoms with E-state index >= 15 is 4.39 Å². The van der Waals surface area contributed by atoms with Crippen LogP contribution in [0.5, 0.6) is 5.75 Å². The number of ether oxygens (including phenoxy) is 1. The molecule has 8 nitrogen and oxygen atoms in total. The lowest BCUT2D eigenvalue weighted by Gasteiger charge is -2.24. The van der Waals surface area contributed by atoms with Crippen LogP contribution >= 0.6 is 12.4 Å². The smallest absolute Gasteiger partial charge is 0.350 e. The fraction of sp³-hybridized carbons (Fsp3) is 0.556. The SMILES string of the molecule is COc1c(N2CCC3(CC3N)C2)c(F)cc2c(=O)n(N)c(=O)n(C3CC3)c12.Cl. The number of hydrogen-bond acceptors (Lipinski definition) is 6. The van der Waals surface area contributed by atoms with Crippen LogP contribution in [-0.2, 0) is 0 Å². The summed E-state index contributed by atoms with van der Waals surface area (Å²) < 4.78 is 22.7. The number of methoxy groups -OCH3 is 1. The molecule has 1 spiro atoms. The Bertz CT molecular complexity index is 1100. The highest BCUT2D eigenvalue weighted by Gasteiger charge is 2.56. The lowest BCUT2D eigenvalue weighted by atomic mass is 10.1. The van der Waals surface area contributed by atoms with Gasteiger partial charge >= 0.3 is 5.69 Å². The van der Waals surface area contributed by atoms with Crippen LogP contribution in [0.15, 0.2) is 15.7 Å². The highest BCUT2D eigenvalue weighted by molar-refractivity contribution is 5.91. The number of nitrogens with zero attached hydrogens (tertiary/aromatic N) is 3. The normalized spacial score (nSPS) is 26.0. The molecule has 28 heavy (non-hydrogen) atoms. The molecule has 4 N–H and O–H groups in total. The van der Waals surface area contributed by atoms with Crippen molar-refractivity contribution in [3.63, 3.8) is 0 Å². The van der Waals surface area contributed by atoms with E-state index in [2.05, 4.69) is 0 Å². The van der Waals surface area contributed by atoms with Gasteiger partial charge in [-0.25, -0.2) is 9.18 Å². The third-order valence-corrected chi connectivity index (χ3v) is 6.36. The Balaban J connectivity index is 0.00000192. The fourth-order valence-corrected chi connectivity index (χ4v) is 4.53. The largest absolute Gasteiger partial charge is 0.492 e. The molecule has 0 amide bonds. The third-order valence-electron chi connectivity index (χ3n) is 6.36. The van der Waals surface area contributed by atoms with Gasteiger partial charge in [-0.1, -0.05) is 0 Å². The topological polar surface area (TPSA) is 109 Å². The maximum Gasteiger partial charge on any atom is 0.350 e. The Morgan fingerprint density at radius 1 is 1.32 bits per heavy atom. The number of aromatic nitrogens is 2. The Kier molecular flexibility index (Phi) is 4.17. The molecule has 0 bridgehead atoms. The average molecular weight is 412 g/mol. The van der Waals surface area contributed by atoms with Crippen molar-refractivity contribution in [1.29, 1.82) is 0 Å². The summed E-state index contributed by atoms with van der Waals surface area (Å²) in [5, 5.41) is 0.0548. The van der Waals surface area contributed by atoms with Gasteiger partial charge in [0.05, 0.1) is 12.5 Å². The van der Waals surface area contributed by atoms with E-state index in [9.17, 15) is 9.59 Å². The van der Waals surface area contributed by atoms with Gasteiger partial charge in [0, 0.05) is 30.6 Å². The zero-order valence-corrected chi connectivity index (χ0v) is 16.3. The zero-order valence-electron chi connectivity index (χ0n) is 15.5. The molecular formula is C18H23ClFN5O3. The molecule has 2 aromatic rings. The molecule has 2 heterocycles. The molecule has 1 aliphatic heterocycles. The summed E-state index contributed by atoms with van der Waals surface area (Å²) in [6, 6.07) is 1.27. The Labute approximate surface area is 166 Å². The lowest BCUT2D eigenvalue weighted by Crippen LogP contribution is -2.44. The number of benzene rings is 1. The molecule has 2 unspecified atom stereocenters. The molecule has 3 aliphatic rings. The summed E-state index contributed by atoms with van der Waals surface area (Å²) in [5.74, 6) is 5.33. The van der Waals surface area contributed by atoms with Gasteiger partial charge in [-0.15, -0.1) is 12.4 Å². The van der Waals surface area contributed by atoms with Crippen molar-refractivity contribution in [2.24, 2.45) is 11.1 Å². The van der Waals surface area contributed by atoms with Gasteiger partial charge in [0.25, 0.3) is 5.56 Å². The van der Waals surface area contributed by atoms with Crippen molar-refractivity contribution < 1.29 is 9.13 Å². The number of nitrogen functional groups attached to an aromatic ring is 1. The summed E-state index contributed by atoms with van der Waals surface area (Å²) in [6.45, 7) is 1.31. The predicted molar refractivity (Wildman–Crippen MR) is 107 cm³/mol. The predicted octanol–water partition coefficient (Wildman–Crippen LogP) is 0.709. The van der Waals surface area contributed by atoms with Crippen LogP contribution < -0.4 is 32.5 Å². The minimum atomic E-state index is -0.724. The number of anilines is 1. The summed E-state index contributed by atoms with van der Waals surface area (Å²) in [7, 11) is 1.43. The second-order valence-electron chi connectivity index (χ2n) is 8.04. The van der Waals surface area contributed by atoms with E-state index in [1.165, 1.54) is 17.7 Å². The maximum absolute atomic E-state index is 15.1. The Morgan fingerprint density at radius 3 is 2.54 bits per heavy atom. The number of halogens is 2. The van der Waals surface area contributed by atoms with Crippen LogP contribution in [0.25, 0.3) is 10.9 Å². The van der Waals surface area contributed by atoms with Crippen LogP contribution in [0.4, 0.5) is 10.1 Å². The van der Waals surface area contributed by atoms with Crippen molar-refractivity contribution in [2.75, 3.05) is 30.9 Å². The molecular weight excluding hydrogens is 389 g/mol. The minimum absolute atomic E-state index is 0. The number of fused-ring (bicyclic) bond motifs is 1.